The molecular formula is C22H23N3O4. The summed E-state index contributed by atoms with van der Waals surface area (Å²) in [4.78, 5) is 30.8. The van der Waals surface area contributed by atoms with Crippen LogP contribution >= 0.6 is 0 Å². The zero-order valence-corrected chi connectivity index (χ0v) is 16.4. The molecule has 0 spiro atoms. The molecule has 0 saturated heterocycles. The minimum Gasteiger partial charge on any atom is -0.497 e. The highest BCUT2D eigenvalue weighted by Crippen LogP contribution is 2.24. The van der Waals surface area contributed by atoms with E-state index in [0.29, 0.717) is 6.54 Å². The first kappa shape index (κ1) is 20.1. The Labute approximate surface area is 169 Å². The predicted octanol–water partition coefficient (Wildman–Crippen LogP) is 3.32. The average Bonchev–Trinajstić information content (AvgIpc) is 3.26. The molecule has 1 amide bonds. The number of benzene rings is 2. The molecule has 150 valence electrons. The predicted molar refractivity (Wildman–Crippen MR) is 109 cm³/mol. The van der Waals surface area contributed by atoms with E-state index >= 15 is 0 Å². The summed E-state index contributed by atoms with van der Waals surface area (Å²) < 4.78 is 9.72. The number of aromatic amines is 1. The Kier molecular flexibility index (Phi) is 6.63. The van der Waals surface area contributed by atoms with Crippen molar-refractivity contribution < 1.29 is 19.1 Å². The van der Waals surface area contributed by atoms with Crippen LogP contribution in [0.2, 0.25) is 0 Å². The maximum Gasteiger partial charge on any atom is 0.306 e. The fourth-order valence-electron chi connectivity index (χ4n) is 2.82. The first-order chi connectivity index (χ1) is 14.1. The Bertz CT molecular complexity index is 980. The standard InChI is InChI=1S/C22H23N3O4/c1-28-18-8-6-16(7-9-18)19-14-24-22(25-19)17-5-3-4-15(12-17)13-23-20(26)10-11-21(27)29-2/h3-9,12,14H,10-11,13H2,1-2H3,(H,23,26)(H,24,25). The van der Waals surface area contributed by atoms with Crippen molar-refractivity contribution in [2.24, 2.45) is 0 Å². The number of nitrogens with one attached hydrogen (secondary N) is 2. The van der Waals surface area contributed by atoms with Gasteiger partial charge in [-0.2, -0.15) is 0 Å². The van der Waals surface area contributed by atoms with Crippen molar-refractivity contribution in [2.45, 2.75) is 19.4 Å². The molecule has 7 heteroatoms. The molecular weight excluding hydrogens is 370 g/mol. The van der Waals surface area contributed by atoms with E-state index in [1.807, 2.05) is 48.5 Å². The monoisotopic (exact) mass is 393 g/mol. The van der Waals surface area contributed by atoms with Gasteiger partial charge in [0.25, 0.3) is 0 Å². The van der Waals surface area contributed by atoms with Gasteiger partial charge in [0, 0.05) is 18.5 Å². The molecule has 29 heavy (non-hydrogen) atoms. The SMILES string of the molecule is COC(=O)CCC(=O)NCc1cccc(-c2ncc(-c3ccc(OC)cc3)[nH]2)c1. The Morgan fingerprint density at radius 1 is 1.03 bits per heavy atom. The van der Waals surface area contributed by atoms with E-state index in [0.717, 1.165) is 34.0 Å². The van der Waals surface area contributed by atoms with Crippen LogP contribution in [0.1, 0.15) is 18.4 Å². The van der Waals surface area contributed by atoms with Crippen molar-refractivity contribution in [3.05, 3.63) is 60.3 Å². The maximum absolute atomic E-state index is 11.9. The van der Waals surface area contributed by atoms with Crippen LogP contribution in [-0.2, 0) is 20.9 Å². The molecule has 0 atom stereocenters. The molecule has 1 heterocycles. The minimum atomic E-state index is -0.396. The second-order valence-electron chi connectivity index (χ2n) is 6.43. The molecule has 0 radical (unpaired) electrons. The number of carbonyl (C=O) groups excluding carboxylic acids is 2. The molecule has 3 rings (SSSR count). The average molecular weight is 393 g/mol. The van der Waals surface area contributed by atoms with Gasteiger partial charge in [0.15, 0.2) is 0 Å². The number of amides is 1. The van der Waals surface area contributed by atoms with Crippen molar-refractivity contribution >= 4 is 11.9 Å². The van der Waals surface area contributed by atoms with Gasteiger partial charge in [0.2, 0.25) is 5.91 Å². The zero-order chi connectivity index (χ0) is 20.6. The normalized spacial score (nSPS) is 10.4. The van der Waals surface area contributed by atoms with Gasteiger partial charge in [0.05, 0.1) is 32.5 Å². The van der Waals surface area contributed by atoms with Crippen LogP contribution in [0.3, 0.4) is 0 Å². The lowest BCUT2D eigenvalue weighted by Gasteiger charge is -2.06. The van der Waals surface area contributed by atoms with Crippen molar-refractivity contribution in [1.82, 2.24) is 15.3 Å². The maximum atomic E-state index is 11.9. The number of methoxy groups -OCH3 is 2. The fourth-order valence-corrected chi connectivity index (χ4v) is 2.82. The molecule has 0 aliphatic heterocycles. The Morgan fingerprint density at radius 3 is 2.55 bits per heavy atom. The summed E-state index contributed by atoms with van der Waals surface area (Å²) in [6.07, 6.45) is 1.97. The molecule has 2 aromatic carbocycles. The quantitative estimate of drug-likeness (QED) is 0.573. The van der Waals surface area contributed by atoms with Crippen LogP contribution in [0.15, 0.2) is 54.7 Å². The highest BCUT2D eigenvalue weighted by Gasteiger charge is 2.09. The van der Waals surface area contributed by atoms with Crippen LogP contribution in [0.25, 0.3) is 22.6 Å². The van der Waals surface area contributed by atoms with Crippen LogP contribution in [-0.4, -0.2) is 36.1 Å². The summed E-state index contributed by atoms with van der Waals surface area (Å²) in [6, 6.07) is 15.5. The van der Waals surface area contributed by atoms with Gasteiger partial charge in [-0.1, -0.05) is 18.2 Å². The van der Waals surface area contributed by atoms with Gasteiger partial charge >= 0.3 is 5.97 Å². The van der Waals surface area contributed by atoms with E-state index in [1.54, 1.807) is 13.3 Å². The van der Waals surface area contributed by atoms with E-state index in [4.69, 9.17) is 4.74 Å². The first-order valence-electron chi connectivity index (χ1n) is 9.21. The molecule has 1 aromatic heterocycles. The van der Waals surface area contributed by atoms with Crippen molar-refractivity contribution in [2.75, 3.05) is 14.2 Å². The molecule has 0 aliphatic carbocycles. The number of hydrogen-bond acceptors (Lipinski definition) is 5. The zero-order valence-electron chi connectivity index (χ0n) is 16.4. The largest absolute Gasteiger partial charge is 0.497 e. The van der Waals surface area contributed by atoms with E-state index in [9.17, 15) is 9.59 Å². The van der Waals surface area contributed by atoms with Crippen molar-refractivity contribution in [3.63, 3.8) is 0 Å². The number of aromatic nitrogens is 2. The number of hydrogen-bond donors (Lipinski definition) is 2. The topological polar surface area (TPSA) is 93.3 Å². The van der Waals surface area contributed by atoms with Gasteiger partial charge in [-0.05, 0) is 41.5 Å². The third kappa shape index (κ3) is 5.44. The number of esters is 1. The number of rotatable bonds is 8. The summed E-state index contributed by atoms with van der Waals surface area (Å²) in [5.74, 6) is 0.956. The van der Waals surface area contributed by atoms with E-state index in [2.05, 4.69) is 20.0 Å². The Morgan fingerprint density at radius 2 is 1.83 bits per heavy atom. The molecule has 0 aliphatic rings. The van der Waals surface area contributed by atoms with E-state index in [-0.39, 0.29) is 18.7 Å². The number of ether oxygens (including phenoxy) is 2. The number of nitrogens with zero attached hydrogens (tertiary/aromatic N) is 1. The van der Waals surface area contributed by atoms with Gasteiger partial charge in [-0.3, -0.25) is 9.59 Å². The third-order valence-corrected chi connectivity index (χ3v) is 4.45. The molecule has 0 bridgehead atoms. The molecule has 7 nitrogen and oxygen atoms in total. The lowest BCUT2D eigenvalue weighted by molar-refractivity contribution is -0.142. The number of carbonyl (C=O) groups is 2. The van der Waals surface area contributed by atoms with Gasteiger partial charge in [-0.15, -0.1) is 0 Å². The second kappa shape index (κ2) is 9.54. The number of H-pyrrole nitrogens is 1. The van der Waals surface area contributed by atoms with Crippen LogP contribution in [0.5, 0.6) is 5.75 Å². The third-order valence-electron chi connectivity index (χ3n) is 4.45. The second-order valence-corrected chi connectivity index (χ2v) is 6.43. The molecule has 0 saturated carbocycles. The lowest BCUT2D eigenvalue weighted by atomic mass is 10.1. The van der Waals surface area contributed by atoms with Crippen LogP contribution in [0, 0.1) is 0 Å². The molecule has 0 unspecified atom stereocenters. The lowest BCUT2D eigenvalue weighted by Crippen LogP contribution is -2.23. The van der Waals surface area contributed by atoms with Gasteiger partial charge < -0.3 is 19.8 Å². The summed E-state index contributed by atoms with van der Waals surface area (Å²) in [5.41, 5.74) is 3.78. The van der Waals surface area contributed by atoms with Crippen molar-refractivity contribution in [1.29, 1.82) is 0 Å². The summed E-state index contributed by atoms with van der Waals surface area (Å²) in [6.45, 7) is 0.375. The van der Waals surface area contributed by atoms with Crippen molar-refractivity contribution in [3.8, 4) is 28.4 Å². The van der Waals surface area contributed by atoms with Gasteiger partial charge in [-0.25, -0.2) is 4.98 Å². The summed E-state index contributed by atoms with van der Waals surface area (Å²) >= 11 is 0. The summed E-state index contributed by atoms with van der Waals surface area (Å²) in [5, 5.41) is 2.81. The van der Waals surface area contributed by atoms with Crippen LogP contribution < -0.4 is 10.1 Å². The molecule has 2 N–H and O–H groups in total. The van der Waals surface area contributed by atoms with Gasteiger partial charge in [0.1, 0.15) is 11.6 Å². The van der Waals surface area contributed by atoms with E-state index in [1.165, 1.54) is 7.11 Å². The Hall–Kier alpha value is -3.61. The Balaban J connectivity index is 1.64. The highest BCUT2D eigenvalue weighted by atomic mass is 16.5. The smallest absolute Gasteiger partial charge is 0.306 e. The minimum absolute atomic E-state index is 0.0723. The highest BCUT2D eigenvalue weighted by molar-refractivity contribution is 5.81. The van der Waals surface area contributed by atoms with E-state index < -0.39 is 5.97 Å². The fraction of sp³-hybridized carbons (Fsp3) is 0.227. The first-order valence-corrected chi connectivity index (χ1v) is 9.21. The number of imidazole rings is 1. The molecule has 3 aromatic rings. The molecule has 0 fully saturated rings. The van der Waals surface area contributed by atoms with Crippen LogP contribution in [0.4, 0.5) is 0 Å². The summed E-state index contributed by atoms with van der Waals surface area (Å²) in [7, 11) is 2.94.